The highest BCUT2D eigenvalue weighted by molar-refractivity contribution is 6.30. The van der Waals surface area contributed by atoms with Gasteiger partial charge in [-0.15, -0.1) is 0 Å². The third-order valence-electron chi connectivity index (χ3n) is 3.29. The fraction of sp³-hybridized carbons (Fsp3) is 0.214. The highest BCUT2D eigenvalue weighted by Gasteiger charge is 2.29. The molecule has 1 N–H and O–H groups in total. The van der Waals surface area contributed by atoms with Gasteiger partial charge in [0.1, 0.15) is 5.15 Å². The van der Waals surface area contributed by atoms with Crippen LogP contribution in [0.2, 0.25) is 5.15 Å². The van der Waals surface area contributed by atoms with Crippen LogP contribution in [0.3, 0.4) is 0 Å². The number of hydrogen-bond donors (Lipinski definition) is 1. The number of nitrogens with one attached hydrogen (secondary N) is 1. The van der Waals surface area contributed by atoms with Gasteiger partial charge in [-0.05, 0) is 12.5 Å². The molecule has 0 aliphatic carbocycles. The summed E-state index contributed by atoms with van der Waals surface area (Å²) in [5.41, 5.74) is 5.20. The highest BCUT2D eigenvalue weighted by atomic mass is 35.5. The summed E-state index contributed by atoms with van der Waals surface area (Å²) in [7, 11) is 0. The molecule has 0 radical (unpaired) electrons. The molecule has 5 nitrogen and oxygen atoms in total. The van der Waals surface area contributed by atoms with E-state index in [0.29, 0.717) is 10.8 Å². The molecular formula is C14H12ClN3O2. The lowest BCUT2D eigenvalue weighted by atomic mass is 10.1. The summed E-state index contributed by atoms with van der Waals surface area (Å²) in [6.45, 7) is 1.93. The van der Waals surface area contributed by atoms with Crippen LogP contribution in [0.25, 0.3) is 10.9 Å². The van der Waals surface area contributed by atoms with E-state index in [1.807, 2.05) is 25.1 Å². The zero-order chi connectivity index (χ0) is 14.3. The fourth-order valence-electron chi connectivity index (χ4n) is 2.27. The van der Waals surface area contributed by atoms with Gasteiger partial charge >= 0.3 is 0 Å². The maximum atomic E-state index is 11.7. The van der Waals surface area contributed by atoms with Crippen molar-refractivity contribution in [1.82, 2.24) is 9.99 Å². The third-order valence-corrected chi connectivity index (χ3v) is 3.49. The van der Waals surface area contributed by atoms with Crippen molar-refractivity contribution < 1.29 is 9.59 Å². The van der Waals surface area contributed by atoms with Crippen LogP contribution in [0.15, 0.2) is 24.3 Å². The number of imide groups is 1. The summed E-state index contributed by atoms with van der Waals surface area (Å²) < 4.78 is 0. The summed E-state index contributed by atoms with van der Waals surface area (Å²) in [5.74, 6) is -0.465. The van der Waals surface area contributed by atoms with Crippen molar-refractivity contribution in [3.8, 4) is 0 Å². The van der Waals surface area contributed by atoms with Gasteiger partial charge in [0, 0.05) is 24.3 Å². The number of carbonyl (C=O) groups excluding carboxylic acids is 2. The normalized spacial score (nSPS) is 15.2. The average Bonchev–Trinajstić information content (AvgIpc) is 2.72. The molecule has 2 aromatic rings. The SMILES string of the molecule is Cc1cccc2c(NN3C(=O)CCC3=O)cc(Cl)nc12. The molecule has 6 heteroatoms. The summed E-state index contributed by atoms with van der Waals surface area (Å²) in [4.78, 5) is 27.6. The van der Waals surface area contributed by atoms with Crippen LogP contribution in [-0.4, -0.2) is 21.8 Å². The number of fused-ring (bicyclic) bond motifs is 1. The zero-order valence-electron chi connectivity index (χ0n) is 10.8. The molecule has 1 fully saturated rings. The van der Waals surface area contributed by atoms with Crippen LogP contribution in [0.4, 0.5) is 5.69 Å². The Morgan fingerprint density at radius 1 is 1.25 bits per heavy atom. The van der Waals surface area contributed by atoms with Gasteiger partial charge in [0.15, 0.2) is 0 Å². The smallest absolute Gasteiger partial charge is 0.248 e. The summed E-state index contributed by atoms with van der Waals surface area (Å²) in [5, 5.41) is 2.18. The molecule has 0 atom stereocenters. The number of carbonyl (C=O) groups is 2. The van der Waals surface area contributed by atoms with Gasteiger partial charge in [-0.1, -0.05) is 29.8 Å². The Morgan fingerprint density at radius 3 is 2.65 bits per heavy atom. The Kier molecular flexibility index (Phi) is 3.06. The van der Waals surface area contributed by atoms with Crippen molar-refractivity contribution in [2.45, 2.75) is 19.8 Å². The number of hydrogen-bond acceptors (Lipinski definition) is 4. The van der Waals surface area contributed by atoms with Crippen LogP contribution in [0, 0.1) is 6.92 Å². The number of pyridine rings is 1. The standard InChI is InChI=1S/C14H12ClN3O2/c1-8-3-2-4-9-10(7-11(15)16-14(8)9)17-18-12(19)5-6-13(18)20/h2-4,7H,5-6H2,1H3,(H,16,17). The number of anilines is 1. The minimum atomic E-state index is -0.233. The van der Waals surface area contributed by atoms with E-state index in [2.05, 4.69) is 10.4 Å². The fourth-order valence-corrected chi connectivity index (χ4v) is 2.47. The van der Waals surface area contributed by atoms with Crippen molar-refractivity contribution in [3.05, 3.63) is 35.0 Å². The Hall–Kier alpha value is -2.14. The lowest BCUT2D eigenvalue weighted by Crippen LogP contribution is -2.34. The largest absolute Gasteiger partial charge is 0.288 e. The highest BCUT2D eigenvalue weighted by Crippen LogP contribution is 2.28. The van der Waals surface area contributed by atoms with Crippen LogP contribution in [0.5, 0.6) is 0 Å². The lowest BCUT2D eigenvalue weighted by molar-refractivity contribution is -0.136. The molecule has 0 saturated carbocycles. The molecule has 1 aromatic carbocycles. The second-order valence-electron chi connectivity index (χ2n) is 4.70. The zero-order valence-corrected chi connectivity index (χ0v) is 11.6. The van der Waals surface area contributed by atoms with E-state index >= 15 is 0 Å². The van der Waals surface area contributed by atoms with Gasteiger partial charge in [-0.2, -0.15) is 5.01 Å². The molecule has 1 aliphatic heterocycles. The van der Waals surface area contributed by atoms with Crippen LogP contribution < -0.4 is 5.43 Å². The number of rotatable bonds is 2. The minimum absolute atomic E-state index is 0.233. The first-order valence-corrected chi connectivity index (χ1v) is 6.62. The number of halogens is 1. The molecule has 3 rings (SSSR count). The van der Waals surface area contributed by atoms with Crippen LogP contribution in [0.1, 0.15) is 18.4 Å². The van der Waals surface area contributed by atoms with Crippen molar-refractivity contribution in [2.24, 2.45) is 0 Å². The minimum Gasteiger partial charge on any atom is -0.288 e. The first-order chi connectivity index (χ1) is 9.56. The first-order valence-electron chi connectivity index (χ1n) is 6.24. The van der Waals surface area contributed by atoms with E-state index in [-0.39, 0.29) is 24.7 Å². The second-order valence-corrected chi connectivity index (χ2v) is 5.09. The second kappa shape index (κ2) is 4.76. The molecule has 1 saturated heterocycles. The van der Waals surface area contributed by atoms with Gasteiger partial charge in [-0.3, -0.25) is 15.0 Å². The van der Waals surface area contributed by atoms with Crippen molar-refractivity contribution in [1.29, 1.82) is 0 Å². The van der Waals surface area contributed by atoms with E-state index in [4.69, 9.17) is 11.6 Å². The topological polar surface area (TPSA) is 62.3 Å². The van der Waals surface area contributed by atoms with Gasteiger partial charge in [-0.25, -0.2) is 4.98 Å². The monoisotopic (exact) mass is 289 g/mol. The van der Waals surface area contributed by atoms with Crippen molar-refractivity contribution in [2.75, 3.05) is 5.43 Å². The molecule has 0 spiro atoms. The third kappa shape index (κ3) is 2.10. The van der Waals surface area contributed by atoms with Crippen molar-refractivity contribution in [3.63, 3.8) is 0 Å². The Morgan fingerprint density at radius 2 is 1.95 bits per heavy atom. The molecule has 1 aromatic heterocycles. The molecule has 2 heterocycles. The number of benzene rings is 1. The van der Waals surface area contributed by atoms with Gasteiger partial charge < -0.3 is 0 Å². The van der Waals surface area contributed by atoms with Gasteiger partial charge in [0.25, 0.3) is 0 Å². The number of hydrazine groups is 1. The first kappa shape index (κ1) is 12.9. The average molecular weight is 290 g/mol. The molecule has 1 aliphatic rings. The Labute approximate surface area is 120 Å². The predicted octanol–water partition coefficient (Wildman–Crippen LogP) is 2.67. The molecule has 0 unspecified atom stereocenters. The van der Waals surface area contributed by atoms with E-state index < -0.39 is 0 Å². The summed E-state index contributed by atoms with van der Waals surface area (Å²) in [6.07, 6.45) is 0.475. The number of para-hydroxylation sites is 1. The number of nitrogens with zero attached hydrogens (tertiary/aromatic N) is 2. The molecule has 2 amide bonds. The van der Waals surface area contributed by atoms with E-state index in [0.717, 1.165) is 21.5 Å². The van der Waals surface area contributed by atoms with E-state index in [1.165, 1.54) is 0 Å². The molecule has 20 heavy (non-hydrogen) atoms. The Balaban J connectivity index is 2.09. The Bertz CT molecular complexity index is 714. The van der Waals surface area contributed by atoms with Crippen LogP contribution in [-0.2, 0) is 9.59 Å². The maximum Gasteiger partial charge on any atom is 0.248 e. The number of amides is 2. The number of aryl methyl sites for hydroxylation is 1. The predicted molar refractivity (Wildman–Crippen MR) is 76.2 cm³/mol. The lowest BCUT2D eigenvalue weighted by Gasteiger charge is -2.18. The van der Waals surface area contributed by atoms with Crippen molar-refractivity contribution >= 4 is 40.0 Å². The molecule has 102 valence electrons. The summed E-state index contributed by atoms with van der Waals surface area (Å²) in [6, 6.07) is 7.31. The van der Waals surface area contributed by atoms with E-state index in [1.54, 1.807) is 6.07 Å². The van der Waals surface area contributed by atoms with Gasteiger partial charge in [0.2, 0.25) is 11.8 Å². The van der Waals surface area contributed by atoms with E-state index in [9.17, 15) is 9.59 Å². The molecule has 0 bridgehead atoms. The van der Waals surface area contributed by atoms with Gasteiger partial charge in [0.05, 0.1) is 11.2 Å². The maximum absolute atomic E-state index is 11.7. The quantitative estimate of drug-likeness (QED) is 0.682. The molecular weight excluding hydrogens is 278 g/mol. The number of aromatic nitrogens is 1. The van der Waals surface area contributed by atoms with Crippen LogP contribution >= 0.6 is 11.6 Å². The summed E-state index contributed by atoms with van der Waals surface area (Å²) >= 11 is 6.01.